The number of carbonyl (C=O) groups excluding carboxylic acids is 2. The number of rotatable bonds is 4. The molecule has 0 bridgehead atoms. The van der Waals surface area contributed by atoms with Crippen molar-refractivity contribution in [2.45, 2.75) is 45.4 Å². The summed E-state index contributed by atoms with van der Waals surface area (Å²) in [5.41, 5.74) is -1.65. The van der Waals surface area contributed by atoms with Crippen molar-refractivity contribution in [2.75, 3.05) is 6.61 Å². The van der Waals surface area contributed by atoms with Crippen LogP contribution in [0.2, 0.25) is 0 Å². The zero-order chi connectivity index (χ0) is 18.9. The monoisotopic (exact) mass is 357 g/mol. The molecule has 2 unspecified atom stereocenters. The van der Waals surface area contributed by atoms with Crippen LogP contribution in [0.15, 0.2) is 23.6 Å². The SMILES string of the molecule is CCOC1=C(C)C(=O)C(c2cc(C(F)(F)F)c(C(C)=O)cn2)CC1O. The molecule has 0 aliphatic heterocycles. The lowest BCUT2D eigenvalue weighted by molar-refractivity contribution is -0.138. The normalized spacial score (nSPS) is 21.5. The molecule has 1 aromatic rings. The summed E-state index contributed by atoms with van der Waals surface area (Å²) in [5.74, 6) is -2.11. The molecule has 1 aromatic heterocycles. The number of pyridine rings is 1. The molecule has 2 rings (SSSR count). The standard InChI is InChI=1S/C17H18F3NO4/c1-4-25-16-8(2)15(24)10(5-14(16)23)13-6-12(17(18,19)20)11(7-21-13)9(3)22/h6-7,10,14,23H,4-5H2,1-3H3. The number of aliphatic hydroxyl groups is 1. The Morgan fingerprint density at radius 2 is 2.08 bits per heavy atom. The molecule has 0 amide bonds. The van der Waals surface area contributed by atoms with E-state index in [2.05, 4.69) is 4.98 Å². The molecule has 2 atom stereocenters. The van der Waals surface area contributed by atoms with Crippen LogP contribution in [0.25, 0.3) is 0 Å². The van der Waals surface area contributed by atoms with Gasteiger partial charge in [0.25, 0.3) is 0 Å². The lowest BCUT2D eigenvalue weighted by Gasteiger charge is -2.28. The van der Waals surface area contributed by atoms with E-state index in [1.54, 1.807) is 6.92 Å². The molecule has 0 spiro atoms. The van der Waals surface area contributed by atoms with Crippen molar-refractivity contribution in [2.24, 2.45) is 0 Å². The van der Waals surface area contributed by atoms with Gasteiger partial charge in [-0.15, -0.1) is 0 Å². The van der Waals surface area contributed by atoms with Crippen molar-refractivity contribution >= 4 is 11.6 Å². The Labute approximate surface area is 142 Å². The van der Waals surface area contributed by atoms with Crippen LogP contribution in [0.4, 0.5) is 13.2 Å². The van der Waals surface area contributed by atoms with E-state index in [0.29, 0.717) is 6.07 Å². The largest absolute Gasteiger partial charge is 0.495 e. The highest BCUT2D eigenvalue weighted by Gasteiger charge is 2.39. The summed E-state index contributed by atoms with van der Waals surface area (Å²) in [6, 6.07) is 0.713. The zero-order valence-corrected chi connectivity index (χ0v) is 14.0. The van der Waals surface area contributed by atoms with E-state index in [0.717, 1.165) is 13.1 Å². The minimum absolute atomic E-state index is 0.128. The van der Waals surface area contributed by atoms with Crippen molar-refractivity contribution in [1.82, 2.24) is 4.98 Å². The minimum Gasteiger partial charge on any atom is -0.495 e. The van der Waals surface area contributed by atoms with E-state index in [4.69, 9.17) is 4.74 Å². The number of carbonyl (C=O) groups is 2. The molecule has 136 valence electrons. The second-order valence-electron chi connectivity index (χ2n) is 5.80. The molecule has 1 N–H and O–H groups in total. The first-order chi connectivity index (χ1) is 11.6. The average molecular weight is 357 g/mol. The third-order valence-electron chi connectivity index (χ3n) is 4.08. The average Bonchev–Trinajstić information content (AvgIpc) is 2.53. The summed E-state index contributed by atoms with van der Waals surface area (Å²) in [6.45, 7) is 4.42. The number of hydrogen-bond acceptors (Lipinski definition) is 5. The molecule has 5 nitrogen and oxygen atoms in total. The molecule has 0 saturated heterocycles. The van der Waals surface area contributed by atoms with Crippen LogP contribution in [0.3, 0.4) is 0 Å². The van der Waals surface area contributed by atoms with Crippen LogP contribution in [-0.2, 0) is 15.7 Å². The van der Waals surface area contributed by atoms with Gasteiger partial charge in [-0.2, -0.15) is 13.2 Å². The van der Waals surface area contributed by atoms with Crippen LogP contribution >= 0.6 is 0 Å². The summed E-state index contributed by atoms with van der Waals surface area (Å²) >= 11 is 0. The molecule has 1 heterocycles. The van der Waals surface area contributed by atoms with Crippen molar-refractivity contribution in [3.8, 4) is 0 Å². The number of Topliss-reactive ketones (excluding diaryl/α,β-unsaturated/α-hetero) is 2. The topological polar surface area (TPSA) is 76.5 Å². The van der Waals surface area contributed by atoms with Crippen LogP contribution in [0.5, 0.6) is 0 Å². The molecule has 0 fully saturated rings. The summed E-state index contributed by atoms with van der Waals surface area (Å²) < 4.78 is 44.9. The van der Waals surface area contributed by atoms with E-state index in [1.807, 2.05) is 0 Å². The molecule has 0 aromatic carbocycles. The van der Waals surface area contributed by atoms with Crippen molar-refractivity contribution < 1.29 is 32.6 Å². The Morgan fingerprint density at radius 1 is 1.44 bits per heavy atom. The highest BCUT2D eigenvalue weighted by atomic mass is 19.4. The maximum Gasteiger partial charge on any atom is 0.417 e. The first kappa shape index (κ1) is 19.1. The van der Waals surface area contributed by atoms with Gasteiger partial charge in [0.05, 0.1) is 23.8 Å². The maximum atomic E-state index is 13.2. The van der Waals surface area contributed by atoms with Gasteiger partial charge >= 0.3 is 6.18 Å². The fourth-order valence-electron chi connectivity index (χ4n) is 2.86. The smallest absolute Gasteiger partial charge is 0.417 e. The molecule has 1 aliphatic carbocycles. The van der Waals surface area contributed by atoms with E-state index in [9.17, 15) is 27.9 Å². The van der Waals surface area contributed by atoms with Gasteiger partial charge in [-0.3, -0.25) is 14.6 Å². The van der Waals surface area contributed by atoms with Crippen molar-refractivity contribution in [3.05, 3.63) is 40.4 Å². The van der Waals surface area contributed by atoms with Gasteiger partial charge in [-0.05, 0) is 33.3 Å². The number of hydrogen-bond donors (Lipinski definition) is 1. The minimum atomic E-state index is -4.75. The Balaban J connectivity index is 2.50. The fraction of sp³-hybridized carbons (Fsp3) is 0.471. The Morgan fingerprint density at radius 3 is 2.60 bits per heavy atom. The van der Waals surface area contributed by atoms with Gasteiger partial charge in [0.1, 0.15) is 11.9 Å². The third-order valence-corrected chi connectivity index (χ3v) is 4.08. The van der Waals surface area contributed by atoms with E-state index >= 15 is 0 Å². The van der Waals surface area contributed by atoms with Gasteiger partial charge in [0.2, 0.25) is 0 Å². The quantitative estimate of drug-likeness (QED) is 0.838. The molecule has 8 heteroatoms. The number of nitrogens with zero attached hydrogens (tertiary/aromatic N) is 1. The summed E-state index contributed by atoms with van der Waals surface area (Å²) in [5, 5.41) is 10.2. The Bertz CT molecular complexity index is 740. The number of alkyl halides is 3. The lowest BCUT2D eigenvalue weighted by atomic mass is 9.82. The van der Waals surface area contributed by atoms with Crippen LogP contribution in [0.1, 0.15) is 54.7 Å². The Kier molecular flexibility index (Phi) is 5.31. The Hall–Kier alpha value is -2.22. The molecular weight excluding hydrogens is 339 g/mol. The van der Waals surface area contributed by atoms with Gasteiger partial charge < -0.3 is 9.84 Å². The molecule has 0 radical (unpaired) electrons. The zero-order valence-electron chi connectivity index (χ0n) is 14.0. The van der Waals surface area contributed by atoms with Crippen molar-refractivity contribution in [3.63, 3.8) is 0 Å². The molecule has 1 aliphatic rings. The second-order valence-corrected chi connectivity index (χ2v) is 5.80. The number of aromatic nitrogens is 1. The van der Waals surface area contributed by atoms with Crippen LogP contribution in [-0.4, -0.2) is 34.4 Å². The van der Waals surface area contributed by atoms with Gasteiger partial charge in [0, 0.05) is 17.3 Å². The molecular formula is C17H18F3NO4. The summed E-state index contributed by atoms with van der Waals surface area (Å²) in [6.07, 6.45) is -5.16. The first-order valence-electron chi connectivity index (χ1n) is 7.71. The fourth-order valence-corrected chi connectivity index (χ4v) is 2.86. The van der Waals surface area contributed by atoms with E-state index in [1.165, 1.54) is 6.92 Å². The van der Waals surface area contributed by atoms with E-state index < -0.39 is 40.9 Å². The number of aliphatic hydroxyl groups excluding tert-OH is 1. The van der Waals surface area contributed by atoms with E-state index in [-0.39, 0.29) is 30.1 Å². The second kappa shape index (κ2) is 6.95. The van der Waals surface area contributed by atoms with Gasteiger partial charge in [-0.1, -0.05) is 0 Å². The summed E-state index contributed by atoms with van der Waals surface area (Å²) in [4.78, 5) is 27.8. The predicted octanol–water partition coefficient (Wildman–Crippen LogP) is 3.03. The summed E-state index contributed by atoms with van der Waals surface area (Å²) in [7, 11) is 0. The number of allylic oxidation sites excluding steroid dienone is 1. The van der Waals surface area contributed by atoms with Crippen LogP contribution in [0, 0.1) is 0 Å². The maximum absolute atomic E-state index is 13.2. The predicted molar refractivity (Wildman–Crippen MR) is 81.9 cm³/mol. The van der Waals surface area contributed by atoms with Crippen molar-refractivity contribution in [1.29, 1.82) is 0 Å². The third kappa shape index (κ3) is 3.73. The first-order valence-corrected chi connectivity index (χ1v) is 7.71. The highest BCUT2D eigenvalue weighted by molar-refractivity contribution is 6.01. The highest BCUT2D eigenvalue weighted by Crippen LogP contribution is 2.37. The number of ether oxygens (including phenoxy) is 1. The number of halogens is 3. The van der Waals surface area contributed by atoms with Crippen LogP contribution < -0.4 is 0 Å². The van der Waals surface area contributed by atoms with Gasteiger partial charge in [0.15, 0.2) is 11.6 Å². The van der Waals surface area contributed by atoms with Gasteiger partial charge in [-0.25, -0.2) is 0 Å². The number of ketones is 2. The molecule has 25 heavy (non-hydrogen) atoms. The lowest BCUT2D eigenvalue weighted by Crippen LogP contribution is -2.31. The molecule has 0 saturated carbocycles.